The van der Waals surface area contributed by atoms with Gasteiger partial charge in [0.15, 0.2) is 8.68 Å². The molecule has 174 valence electrons. The number of carbonyl (C=O) groups excluding carboxylic acids is 2. The van der Waals surface area contributed by atoms with Crippen molar-refractivity contribution in [3.05, 3.63) is 59.2 Å². The van der Waals surface area contributed by atoms with E-state index >= 15 is 0 Å². The molecule has 12 heteroatoms. The number of aromatic nitrogens is 2. The van der Waals surface area contributed by atoms with Gasteiger partial charge in [0, 0.05) is 0 Å². The largest absolute Gasteiger partial charge is 0.501 e. The second-order valence-electron chi connectivity index (χ2n) is 7.10. The van der Waals surface area contributed by atoms with E-state index in [-0.39, 0.29) is 15.9 Å². The smallest absolute Gasteiger partial charge is 0.375 e. The van der Waals surface area contributed by atoms with Crippen molar-refractivity contribution in [3.63, 3.8) is 0 Å². The molecule has 0 saturated carbocycles. The third-order valence-corrected chi connectivity index (χ3v) is 10.0. The fourth-order valence-electron chi connectivity index (χ4n) is 3.38. The lowest BCUT2D eigenvalue weighted by Crippen LogP contribution is -2.47. The normalized spacial score (nSPS) is 19.0. The van der Waals surface area contributed by atoms with Crippen LogP contribution < -0.4 is 0 Å². The highest BCUT2D eigenvalue weighted by Crippen LogP contribution is 2.46. The zero-order valence-electron chi connectivity index (χ0n) is 17.5. The van der Waals surface area contributed by atoms with Crippen molar-refractivity contribution in [1.82, 2.24) is 9.97 Å². The molecule has 0 saturated heterocycles. The summed E-state index contributed by atoms with van der Waals surface area (Å²) in [5.41, 5.74) is -0.672. The highest BCUT2D eigenvalue weighted by Gasteiger charge is 2.57. The Bertz CT molecular complexity index is 1430. The molecule has 4 aromatic rings. The Balaban J connectivity index is 1.54. The molecule has 2 aromatic carbocycles. The monoisotopic (exact) mass is 532 g/mol. The van der Waals surface area contributed by atoms with Crippen LogP contribution >= 0.6 is 34.4 Å². The molecule has 34 heavy (non-hydrogen) atoms. The first-order chi connectivity index (χ1) is 16.4. The van der Waals surface area contributed by atoms with Gasteiger partial charge >= 0.3 is 11.9 Å². The number of cyclic esters (lactones) is 1. The average molecular weight is 533 g/mol. The van der Waals surface area contributed by atoms with E-state index in [1.54, 1.807) is 13.0 Å². The maximum atomic E-state index is 13.4. The lowest BCUT2D eigenvalue weighted by molar-refractivity contribution is -0.169. The summed E-state index contributed by atoms with van der Waals surface area (Å²) in [4.78, 5) is 34.4. The van der Waals surface area contributed by atoms with Crippen LogP contribution in [0.2, 0.25) is 0 Å². The molecule has 2 aromatic heterocycles. The zero-order chi connectivity index (χ0) is 23.9. The first-order valence-corrected chi connectivity index (χ1v) is 13.8. The van der Waals surface area contributed by atoms with Crippen LogP contribution in [-0.2, 0) is 29.9 Å². The molecule has 3 heterocycles. The van der Waals surface area contributed by atoms with Crippen LogP contribution in [0.4, 0.5) is 0 Å². The number of benzene rings is 2. The lowest BCUT2D eigenvalue weighted by Gasteiger charge is -2.26. The van der Waals surface area contributed by atoms with Crippen molar-refractivity contribution in [3.8, 4) is 0 Å². The van der Waals surface area contributed by atoms with E-state index < -0.39 is 39.9 Å². The average Bonchev–Trinajstić information content (AvgIpc) is 3.50. The van der Waals surface area contributed by atoms with Crippen molar-refractivity contribution in [1.29, 1.82) is 0 Å². The number of ether oxygens (including phenoxy) is 2. The minimum absolute atomic E-state index is 0.00571. The number of aliphatic hydroxyl groups is 1. The van der Waals surface area contributed by atoms with E-state index in [1.807, 2.05) is 42.5 Å². The predicted molar refractivity (Wildman–Crippen MR) is 131 cm³/mol. The molecule has 0 fully saturated rings. The Labute approximate surface area is 208 Å². The van der Waals surface area contributed by atoms with Crippen molar-refractivity contribution in [2.75, 3.05) is 12.4 Å². The van der Waals surface area contributed by atoms with Gasteiger partial charge in [-0.3, -0.25) is 4.21 Å². The number of nitrogens with zero attached hydrogens (tertiary/aromatic N) is 2. The number of carbonyl (C=O) groups is 2. The maximum Gasteiger partial charge on any atom is 0.375 e. The topological polar surface area (TPSA) is 116 Å². The van der Waals surface area contributed by atoms with Gasteiger partial charge in [-0.15, -0.1) is 22.7 Å². The highest BCUT2D eigenvalue weighted by atomic mass is 32.2. The first kappa shape index (κ1) is 23.0. The molecule has 1 N–H and O–H groups in total. The van der Waals surface area contributed by atoms with Crippen LogP contribution in [-0.4, -0.2) is 49.2 Å². The van der Waals surface area contributed by atoms with E-state index in [0.29, 0.717) is 9.86 Å². The fourth-order valence-corrected chi connectivity index (χ4v) is 8.24. The number of thioether (sulfide) groups is 1. The van der Waals surface area contributed by atoms with Gasteiger partial charge < -0.3 is 14.6 Å². The summed E-state index contributed by atoms with van der Waals surface area (Å²) in [6.45, 7) is 1.61. The Morgan fingerprint density at radius 1 is 1.12 bits per heavy atom. The Morgan fingerprint density at radius 2 is 1.76 bits per heavy atom. The number of aliphatic hydroxyl groups excluding tert-OH is 1. The molecular formula is C22H16N2O6S4. The second kappa shape index (κ2) is 9.10. The summed E-state index contributed by atoms with van der Waals surface area (Å²) in [5.74, 6) is -3.17. The molecule has 0 amide bonds. The van der Waals surface area contributed by atoms with Gasteiger partial charge in [-0.1, -0.05) is 36.0 Å². The summed E-state index contributed by atoms with van der Waals surface area (Å²) in [6, 6.07) is 14.8. The number of hydrogen-bond acceptors (Lipinski definition) is 11. The molecule has 2 atom stereocenters. The van der Waals surface area contributed by atoms with Crippen LogP contribution in [0.25, 0.3) is 20.4 Å². The van der Waals surface area contributed by atoms with Gasteiger partial charge in [-0.2, -0.15) is 0 Å². The van der Waals surface area contributed by atoms with Crippen LogP contribution in [0.1, 0.15) is 6.92 Å². The molecule has 0 aliphatic carbocycles. The zero-order valence-corrected chi connectivity index (χ0v) is 20.8. The molecule has 1 aliphatic heterocycles. The number of para-hydroxylation sites is 2. The highest BCUT2D eigenvalue weighted by molar-refractivity contribution is 8.05. The molecule has 1 aliphatic rings. The summed E-state index contributed by atoms with van der Waals surface area (Å²) >= 11 is 3.49. The van der Waals surface area contributed by atoms with Crippen LogP contribution in [0.3, 0.4) is 0 Å². The first-order valence-electron chi connectivity index (χ1n) is 10.0. The summed E-state index contributed by atoms with van der Waals surface area (Å²) in [7, 11) is -1.84. The van der Waals surface area contributed by atoms with Crippen LogP contribution in [0, 0.1) is 0 Å². The van der Waals surface area contributed by atoms with E-state index in [4.69, 9.17) is 9.47 Å². The molecule has 0 spiro atoms. The van der Waals surface area contributed by atoms with Gasteiger partial charge in [0.05, 0.1) is 48.5 Å². The second-order valence-corrected chi connectivity index (χ2v) is 12.0. The van der Waals surface area contributed by atoms with Crippen molar-refractivity contribution in [2.24, 2.45) is 0 Å². The summed E-state index contributed by atoms with van der Waals surface area (Å²) in [6.07, 6.45) is 0. The van der Waals surface area contributed by atoms with Gasteiger partial charge in [0.25, 0.3) is 5.60 Å². The Hall–Kier alpha value is -2.80. The SMILES string of the molecule is CCOC(=O)C1(CS(=O)c2nc3ccccc3s2)OC(=O)C(O)=C1Sc1nc2ccccc2s1. The number of fused-ring (bicyclic) bond motifs is 2. The number of hydrogen-bond donors (Lipinski definition) is 1. The standard InChI is InChI=1S/C22H16N2O6S4/c1-2-29-19(27)22(11-34(28)21-24-13-8-4-6-10-15(13)32-21)17(16(25)18(26)30-22)33-20-23-12-7-3-5-9-14(12)31-20/h3-10,25H,2,11H2,1H3. The van der Waals surface area contributed by atoms with Crippen molar-refractivity contribution < 1.29 is 28.4 Å². The lowest BCUT2D eigenvalue weighted by atomic mass is 10.1. The number of rotatable bonds is 7. The molecule has 0 radical (unpaired) electrons. The van der Waals surface area contributed by atoms with E-state index in [1.165, 1.54) is 22.7 Å². The van der Waals surface area contributed by atoms with Gasteiger partial charge in [-0.25, -0.2) is 19.6 Å². The van der Waals surface area contributed by atoms with E-state index in [9.17, 15) is 18.9 Å². The number of esters is 2. The molecular weight excluding hydrogens is 517 g/mol. The summed E-state index contributed by atoms with van der Waals surface area (Å²) in [5, 5.41) is 10.6. The minimum Gasteiger partial charge on any atom is -0.501 e. The number of thiazole rings is 2. The fraction of sp³-hybridized carbons (Fsp3) is 0.182. The molecule has 0 bridgehead atoms. The maximum absolute atomic E-state index is 13.4. The van der Waals surface area contributed by atoms with Gasteiger partial charge in [0.2, 0.25) is 5.76 Å². The third-order valence-electron chi connectivity index (χ3n) is 4.91. The van der Waals surface area contributed by atoms with Gasteiger partial charge in [0.1, 0.15) is 0 Å². The van der Waals surface area contributed by atoms with Crippen molar-refractivity contribution in [2.45, 2.75) is 21.2 Å². The predicted octanol–water partition coefficient (Wildman–Crippen LogP) is 4.43. The Morgan fingerprint density at radius 3 is 2.41 bits per heavy atom. The molecule has 2 unspecified atom stereocenters. The van der Waals surface area contributed by atoms with Crippen LogP contribution in [0.15, 0.2) is 67.9 Å². The molecule has 5 rings (SSSR count). The third kappa shape index (κ3) is 4.00. The Kier molecular flexibility index (Phi) is 6.15. The van der Waals surface area contributed by atoms with Crippen LogP contribution in [0.5, 0.6) is 0 Å². The van der Waals surface area contributed by atoms with E-state index in [2.05, 4.69) is 9.97 Å². The van der Waals surface area contributed by atoms with Gasteiger partial charge in [-0.05, 0) is 31.2 Å². The minimum atomic E-state index is -2.08. The molecule has 8 nitrogen and oxygen atoms in total. The summed E-state index contributed by atoms with van der Waals surface area (Å²) < 4.78 is 26.5. The van der Waals surface area contributed by atoms with Crippen molar-refractivity contribution >= 4 is 77.6 Å². The van der Waals surface area contributed by atoms with E-state index in [0.717, 1.165) is 26.7 Å². The quantitative estimate of drug-likeness (QED) is 0.345.